The van der Waals surface area contributed by atoms with E-state index in [1.165, 1.54) is 19.1 Å². The molecule has 0 aliphatic rings. The Morgan fingerprint density at radius 1 is 1.05 bits per heavy atom. The summed E-state index contributed by atoms with van der Waals surface area (Å²) in [5.41, 5.74) is 1.36. The van der Waals surface area contributed by atoms with Gasteiger partial charge in [0, 0.05) is 11.1 Å². The van der Waals surface area contributed by atoms with Crippen molar-refractivity contribution in [3.8, 4) is 0 Å². The molecule has 0 heterocycles. The van der Waals surface area contributed by atoms with Crippen LogP contribution in [0.25, 0.3) is 0 Å². The van der Waals surface area contributed by atoms with E-state index in [1.54, 1.807) is 0 Å². The zero-order valence-electron chi connectivity index (χ0n) is 10.7. The zero-order chi connectivity index (χ0) is 14.3. The van der Waals surface area contributed by atoms with E-state index in [4.69, 9.17) is 10.2 Å². The molecule has 4 nitrogen and oxygen atoms in total. The summed E-state index contributed by atoms with van der Waals surface area (Å²) < 4.78 is 0. The molecule has 0 radical (unpaired) electrons. The molecule has 0 aromatic heterocycles. The lowest BCUT2D eigenvalue weighted by molar-refractivity contribution is -0.133. The fourth-order valence-corrected chi connectivity index (χ4v) is 1.48. The first kappa shape index (κ1) is 14.7. The Morgan fingerprint density at radius 2 is 1.68 bits per heavy atom. The van der Waals surface area contributed by atoms with Crippen LogP contribution in [-0.2, 0) is 16.0 Å². The molecule has 1 aromatic rings. The monoisotopic (exact) mass is 260 g/mol. The lowest BCUT2D eigenvalue weighted by Crippen LogP contribution is -2.02. The average molecular weight is 260 g/mol. The van der Waals surface area contributed by atoms with Gasteiger partial charge in [-0.05, 0) is 25.3 Å². The fourth-order valence-electron chi connectivity index (χ4n) is 1.48. The summed E-state index contributed by atoms with van der Waals surface area (Å²) in [5, 5.41) is 17.8. The molecular formula is C15H16O4. The molecule has 0 saturated carbocycles. The van der Waals surface area contributed by atoms with Crippen LogP contribution in [0, 0.1) is 0 Å². The number of hydrogen-bond acceptors (Lipinski definition) is 2. The second-order valence-electron chi connectivity index (χ2n) is 4.14. The molecule has 0 fully saturated rings. The van der Waals surface area contributed by atoms with Crippen molar-refractivity contribution >= 4 is 11.9 Å². The summed E-state index contributed by atoms with van der Waals surface area (Å²) in [6, 6.07) is 9.55. The maximum absolute atomic E-state index is 11.1. The fraction of sp³-hybridized carbons (Fsp3) is 0.200. The Hall–Kier alpha value is -2.36. The van der Waals surface area contributed by atoms with Crippen molar-refractivity contribution in [1.82, 2.24) is 0 Å². The highest BCUT2D eigenvalue weighted by Crippen LogP contribution is 2.10. The van der Waals surface area contributed by atoms with E-state index >= 15 is 0 Å². The Balaban J connectivity index is 2.74. The van der Waals surface area contributed by atoms with Crippen molar-refractivity contribution in [2.24, 2.45) is 0 Å². The quantitative estimate of drug-likeness (QED) is 0.609. The third-order valence-electron chi connectivity index (χ3n) is 2.67. The highest BCUT2D eigenvalue weighted by Gasteiger charge is 2.07. The normalized spacial score (nSPS) is 12.3. The van der Waals surface area contributed by atoms with Gasteiger partial charge in [-0.3, -0.25) is 0 Å². The number of carboxylic acid groups (broad SMARTS) is 2. The number of aryl methyl sites for hydroxylation is 1. The number of aliphatic carboxylic acids is 2. The molecule has 19 heavy (non-hydrogen) atoms. The molecular weight excluding hydrogens is 244 g/mol. The van der Waals surface area contributed by atoms with Crippen LogP contribution in [0.1, 0.15) is 18.9 Å². The number of carbonyl (C=O) groups is 2. The smallest absolute Gasteiger partial charge is 0.331 e. The zero-order valence-corrected chi connectivity index (χ0v) is 10.7. The molecule has 0 unspecified atom stereocenters. The molecule has 4 heteroatoms. The van der Waals surface area contributed by atoms with Gasteiger partial charge in [0.1, 0.15) is 0 Å². The van der Waals surface area contributed by atoms with E-state index in [0.717, 1.165) is 5.56 Å². The van der Waals surface area contributed by atoms with Gasteiger partial charge in [0.2, 0.25) is 0 Å². The highest BCUT2D eigenvalue weighted by molar-refractivity contribution is 5.89. The summed E-state index contributed by atoms with van der Waals surface area (Å²) in [5.74, 6) is -2.07. The van der Waals surface area contributed by atoms with Gasteiger partial charge in [0.15, 0.2) is 0 Å². The summed E-state index contributed by atoms with van der Waals surface area (Å²) in [6.07, 6.45) is 3.65. The van der Waals surface area contributed by atoms with Crippen LogP contribution < -0.4 is 0 Å². The maximum atomic E-state index is 11.1. The van der Waals surface area contributed by atoms with Crippen molar-refractivity contribution in [1.29, 1.82) is 0 Å². The number of hydrogen-bond donors (Lipinski definition) is 2. The SMILES string of the molecule is CC(=CC=C(CCc1ccccc1)C(=O)O)C(=O)O. The lowest BCUT2D eigenvalue weighted by atomic mass is 10.0. The maximum Gasteiger partial charge on any atom is 0.331 e. The first-order valence-corrected chi connectivity index (χ1v) is 5.88. The molecule has 1 rings (SSSR count). The van der Waals surface area contributed by atoms with Gasteiger partial charge in [-0.15, -0.1) is 0 Å². The summed E-state index contributed by atoms with van der Waals surface area (Å²) in [7, 11) is 0. The van der Waals surface area contributed by atoms with Gasteiger partial charge in [-0.2, -0.15) is 0 Å². The largest absolute Gasteiger partial charge is 0.478 e. The van der Waals surface area contributed by atoms with Gasteiger partial charge < -0.3 is 10.2 Å². The lowest BCUT2D eigenvalue weighted by Gasteiger charge is -2.02. The molecule has 1 aromatic carbocycles. The molecule has 0 aliphatic carbocycles. The number of carboxylic acids is 2. The van der Waals surface area contributed by atoms with Gasteiger partial charge in [-0.25, -0.2) is 9.59 Å². The molecule has 100 valence electrons. The van der Waals surface area contributed by atoms with Crippen molar-refractivity contribution in [2.45, 2.75) is 19.8 Å². The number of benzene rings is 1. The van der Waals surface area contributed by atoms with Crippen molar-refractivity contribution < 1.29 is 19.8 Å². The minimum atomic E-state index is -1.05. The van der Waals surface area contributed by atoms with Crippen LogP contribution in [0.5, 0.6) is 0 Å². The minimum Gasteiger partial charge on any atom is -0.478 e. The summed E-state index contributed by atoms with van der Waals surface area (Å²) in [6.45, 7) is 1.43. The molecule has 0 atom stereocenters. The third kappa shape index (κ3) is 5.21. The van der Waals surface area contributed by atoms with E-state index in [-0.39, 0.29) is 11.1 Å². The Bertz CT molecular complexity index is 512. The van der Waals surface area contributed by atoms with E-state index in [1.807, 2.05) is 30.3 Å². The first-order valence-electron chi connectivity index (χ1n) is 5.88. The van der Waals surface area contributed by atoms with Crippen LogP contribution in [0.4, 0.5) is 0 Å². The van der Waals surface area contributed by atoms with Crippen LogP contribution in [0.2, 0.25) is 0 Å². The number of allylic oxidation sites excluding steroid dienone is 2. The molecule has 0 aliphatic heterocycles. The summed E-state index contributed by atoms with van der Waals surface area (Å²) >= 11 is 0. The van der Waals surface area contributed by atoms with Gasteiger partial charge in [0.25, 0.3) is 0 Å². The molecule has 0 amide bonds. The van der Waals surface area contributed by atoms with Gasteiger partial charge in [0.05, 0.1) is 0 Å². The number of rotatable bonds is 6. The van der Waals surface area contributed by atoms with Crippen LogP contribution in [0.3, 0.4) is 0 Å². The Labute approximate surface area is 111 Å². The molecule has 2 N–H and O–H groups in total. The molecule has 0 spiro atoms. The van der Waals surface area contributed by atoms with Crippen LogP contribution in [-0.4, -0.2) is 22.2 Å². The van der Waals surface area contributed by atoms with Crippen molar-refractivity contribution in [3.63, 3.8) is 0 Å². The third-order valence-corrected chi connectivity index (χ3v) is 2.67. The molecule has 0 bridgehead atoms. The average Bonchev–Trinajstić information content (AvgIpc) is 2.39. The highest BCUT2D eigenvalue weighted by atomic mass is 16.4. The van der Waals surface area contributed by atoms with Gasteiger partial charge in [-0.1, -0.05) is 42.5 Å². The predicted octanol–water partition coefficient (Wildman–Crippen LogP) is 2.66. The first-order chi connectivity index (χ1) is 9.00. The predicted molar refractivity (Wildman–Crippen MR) is 71.9 cm³/mol. The standard InChI is InChI=1S/C15H16O4/c1-11(14(16)17)7-9-13(15(18)19)10-8-12-5-3-2-4-6-12/h2-7,9H,8,10H2,1H3,(H,16,17)(H,18,19). The van der Waals surface area contributed by atoms with E-state index in [0.29, 0.717) is 12.8 Å². The topological polar surface area (TPSA) is 74.6 Å². The molecule has 0 saturated heterocycles. The minimum absolute atomic E-state index is 0.110. The van der Waals surface area contributed by atoms with E-state index in [9.17, 15) is 9.59 Å². The second-order valence-corrected chi connectivity index (χ2v) is 4.14. The van der Waals surface area contributed by atoms with E-state index < -0.39 is 11.9 Å². The van der Waals surface area contributed by atoms with Crippen LogP contribution >= 0.6 is 0 Å². The van der Waals surface area contributed by atoms with Gasteiger partial charge >= 0.3 is 11.9 Å². The Morgan fingerprint density at radius 3 is 2.21 bits per heavy atom. The van der Waals surface area contributed by atoms with Crippen molar-refractivity contribution in [2.75, 3.05) is 0 Å². The van der Waals surface area contributed by atoms with E-state index in [2.05, 4.69) is 0 Å². The summed E-state index contributed by atoms with van der Waals surface area (Å²) in [4.78, 5) is 21.7. The Kier molecular flexibility index (Phi) is 5.54. The van der Waals surface area contributed by atoms with Crippen molar-refractivity contribution in [3.05, 3.63) is 59.2 Å². The second kappa shape index (κ2) is 7.16. The van der Waals surface area contributed by atoms with Crippen LogP contribution in [0.15, 0.2) is 53.6 Å².